The number of anilines is 3. The Labute approximate surface area is 71.8 Å². The Bertz CT molecular complexity index is 331. The van der Waals surface area contributed by atoms with Crippen LogP contribution in [0.2, 0.25) is 0 Å². The van der Waals surface area contributed by atoms with Crippen molar-refractivity contribution in [2.24, 2.45) is 0 Å². The average Bonchev–Trinajstić information content (AvgIpc) is 2.48. The van der Waals surface area contributed by atoms with Crippen molar-refractivity contribution in [3.05, 3.63) is 17.2 Å². The minimum atomic E-state index is 0.801. The molecule has 1 aliphatic rings. The third-order valence-corrected chi connectivity index (χ3v) is 2.45. The second-order valence-electron chi connectivity index (χ2n) is 3.22. The molecule has 0 saturated heterocycles. The highest BCUT2D eigenvalue weighted by Crippen LogP contribution is 2.34. The zero-order valence-corrected chi connectivity index (χ0v) is 7.15. The first kappa shape index (κ1) is 7.28. The molecule has 0 bridgehead atoms. The van der Waals surface area contributed by atoms with E-state index in [9.17, 15) is 0 Å². The predicted molar refractivity (Wildman–Crippen MR) is 52.2 cm³/mol. The molecule has 3 nitrogen and oxygen atoms in total. The number of nitrogens with one attached hydrogen (secondary N) is 1. The van der Waals surface area contributed by atoms with Crippen LogP contribution in [0.5, 0.6) is 0 Å². The van der Waals surface area contributed by atoms with Gasteiger partial charge in [-0.3, -0.25) is 0 Å². The Balaban J connectivity index is 2.67. The molecule has 1 aliphatic heterocycles. The van der Waals surface area contributed by atoms with Gasteiger partial charge in [0, 0.05) is 12.2 Å². The van der Waals surface area contributed by atoms with E-state index in [1.165, 1.54) is 5.56 Å². The fourth-order valence-electron chi connectivity index (χ4n) is 1.61. The Kier molecular flexibility index (Phi) is 1.40. The van der Waals surface area contributed by atoms with Crippen LogP contribution in [-0.4, -0.2) is 6.54 Å². The molecule has 5 N–H and O–H groups in total. The lowest BCUT2D eigenvalue weighted by molar-refractivity contribution is 1.11. The normalized spacial score (nSPS) is 14.1. The van der Waals surface area contributed by atoms with Crippen LogP contribution in [-0.2, 0) is 6.42 Å². The van der Waals surface area contributed by atoms with Crippen molar-refractivity contribution in [2.45, 2.75) is 13.3 Å². The number of hydrogen-bond acceptors (Lipinski definition) is 3. The summed E-state index contributed by atoms with van der Waals surface area (Å²) < 4.78 is 0. The molecular formula is C9H13N3. The fraction of sp³-hybridized carbons (Fsp3) is 0.333. The zero-order valence-electron chi connectivity index (χ0n) is 7.15. The molecule has 0 radical (unpaired) electrons. The van der Waals surface area contributed by atoms with Crippen LogP contribution in [0.25, 0.3) is 0 Å². The molecule has 1 aromatic rings. The molecule has 0 aliphatic carbocycles. The van der Waals surface area contributed by atoms with Crippen LogP contribution >= 0.6 is 0 Å². The molecule has 1 heterocycles. The van der Waals surface area contributed by atoms with Crippen LogP contribution in [0.1, 0.15) is 11.1 Å². The molecule has 0 amide bonds. The quantitative estimate of drug-likeness (QED) is 0.502. The molecule has 0 spiro atoms. The van der Waals surface area contributed by atoms with Gasteiger partial charge in [-0.15, -0.1) is 0 Å². The van der Waals surface area contributed by atoms with Crippen LogP contribution in [0.15, 0.2) is 6.07 Å². The standard InChI is InChI=1S/C9H13N3/c1-5-7(10)4-6-2-3-12-9(6)8(5)11/h4,12H,2-3,10-11H2,1H3. The van der Waals surface area contributed by atoms with Gasteiger partial charge < -0.3 is 16.8 Å². The lowest BCUT2D eigenvalue weighted by atomic mass is 10.1. The van der Waals surface area contributed by atoms with E-state index in [1.54, 1.807) is 0 Å². The summed E-state index contributed by atoms with van der Waals surface area (Å²) in [7, 11) is 0. The van der Waals surface area contributed by atoms with E-state index in [-0.39, 0.29) is 0 Å². The first-order chi connectivity index (χ1) is 5.70. The number of nitrogen functional groups attached to an aromatic ring is 2. The maximum atomic E-state index is 5.89. The van der Waals surface area contributed by atoms with E-state index in [0.29, 0.717) is 0 Å². The van der Waals surface area contributed by atoms with E-state index >= 15 is 0 Å². The smallest absolute Gasteiger partial charge is 0.0611 e. The van der Waals surface area contributed by atoms with Gasteiger partial charge >= 0.3 is 0 Å². The highest BCUT2D eigenvalue weighted by molar-refractivity contribution is 5.80. The van der Waals surface area contributed by atoms with Crippen molar-refractivity contribution >= 4 is 17.1 Å². The zero-order chi connectivity index (χ0) is 8.72. The lowest BCUT2D eigenvalue weighted by Crippen LogP contribution is -2.00. The van der Waals surface area contributed by atoms with Crippen molar-refractivity contribution in [3.8, 4) is 0 Å². The number of rotatable bonds is 0. The number of hydrogen-bond donors (Lipinski definition) is 3. The van der Waals surface area contributed by atoms with Crippen molar-refractivity contribution in [3.63, 3.8) is 0 Å². The SMILES string of the molecule is Cc1c(N)cc2c(c1N)NCC2. The summed E-state index contributed by atoms with van der Waals surface area (Å²) in [5.41, 5.74) is 16.6. The number of nitrogens with two attached hydrogens (primary N) is 2. The first-order valence-electron chi connectivity index (χ1n) is 4.11. The van der Waals surface area contributed by atoms with Crippen molar-refractivity contribution < 1.29 is 0 Å². The highest BCUT2D eigenvalue weighted by atomic mass is 14.9. The molecule has 0 atom stereocenters. The van der Waals surface area contributed by atoms with Gasteiger partial charge in [0.05, 0.1) is 11.4 Å². The summed E-state index contributed by atoms with van der Waals surface area (Å²) in [4.78, 5) is 0. The lowest BCUT2D eigenvalue weighted by Gasteiger charge is -2.09. The summed E-state index contributed by atoms with van der Waals surface area (Å²) in [6.07, 6.45) is 1.03. The minimum absolute atomic E-state index is 0.801. The predicted octanol–water partition coefficient (Wildman–Crippen LogP) is 1.13. The minimum Gasteiger partial charge on any atom is -0.398 e. The van der Waals surface area contributed by atoms with Gasteiger partial charge in [-0.25, -0.2) is 0 Å². The largest absolute Gasteiger partial charge is 0.398 e. The van der Waals surface area contributed by atoms with Gasteiger partial charge in [0.25, 0.3) is 0 Å². The highest BCUT2D eigenvalue weighted by Gasteiger charge is 2.15. The van der Waals surface area contributed by atoms with Gasteiger partial charge in [0.1, 0.15) is 0 Å². The second-order valence-corrected chi connectivity index (χ2v) is 3.22. The number of benzene rings is 1. The molecule has 1 aromatic carbocycles. The van der Waals surface area contributed by atoms with Crippen molar-refractivity contribution in [1.29, 1.82) is 0 Å². The number of fused-ring (bicyclic) bond motifs is 1. The second kappa shape index (κ2) is 2.30. The van der Waals surface area contributed by atoms with Gasteiger partial charge in [-0.05, 0) is 30.5 Å². The molecule has 0 unspecified atom stereocenters. The molecular weight excluding hydrogens is 150 g/mol. The van der Waals surface area contributed by atoms with E-state index < -0.39 is 0 Å². The van der Waals surface area contributed by atoms with Gasteiger partial charge in [-0.1, -0.05) is 0 Å². The van der Waals surface area contributed by atoms with E-state index in [1.807, 2.05) is 13.0 Å². The molecule has 12 heavy (non-hydrogen) atoms. The topological polar surface area (TPSA) is 64.1 Å². The van der Waals surface area contributed by atoms with Gasteiger partial charge in [0.2, 0.25) is 0 Å². The molecule has 3 heteroatoms. The van der Waals surface area contributed by atoms with Gasteiger partial charge in [0.15, 0.2) is 0 Å². The molecule has 0 aromatic heterocycles. The summed E-state index contributed by atoms with van der Waals surface area (Å²) in [5.74, 6) is 0. The van der Waals surface area contributed by atoms with Gasteiger partial charge in [-0.2, -0.15) is 0 Å². The maximum Gasteiger partial charge on any atom is 0.0611 e. The van der Waals surface area contributed by atoms with E-state index in [4.69, 9.17) is 11.5 Å². The summed E-state index contributed by atoms with van der Waals surface area (Å²) in [6.45, 7) is 2.92. The Morgan fingerprint density at radius 1 is 1.42 bits per heavy atom. The first-order valence-corrected chi connectivity index (χ1v) is 4.11. The summed E-state index contributed by atoms with van der Waals surface area (Å²) in [5, 5.41) is 3.26. The van der Waals surface area contributed by atoms with Crippen LogP contribution in [0.3, 0.4) is 0 Å². The molecule has 2 rings (SSSR count). The Hall–Kier alpha value is -1.38. The maximum absolute atomic E-state index is 5.89. The van der Waals surface area contributed by atoms with Crippen LogP contribution < -0.4 is 16.8 Å². The van der Waals surface area contributed by atoms with Crippen LogP contribution in [0.4, 0.5) is 17.1 Å². The third-order valence-electron chi connectivity index (χ3n) is 2.45. The van der Waals surface area contributed by atoms with Crippen molar-refractivity contribution in [1.82, 2.24) is 0 Å². The molecule has 0 fully saturated rings. The van der Waals surface area contributed by atoms with E-state index in [0.717, 1.165) is 35.6 Å². The monoisotopic (exact) mass is 163 g/mol. The van der Waals surface area contributed by atoms with Crippen molar-refractivity contribution in [2.75, 3.05) is 23.3 Å². The van der Waals surface area contributed by atoms with Crippen LogP contribution in [0, 0.1) is 6.92 Å². The molecule has 64 valence electrons. The summed E-state index contributed by atoms with van der Waals surface area (Å²) >= 11 is 0. The Morgan fingerprint density at radius 3 is 2.92 bits per heavy atom. The fourth-order valence-corrected chi connectivity index (χ4v) is 1.61. The average molecular weight is 163 g/mol. The molecule has 0 saturated carbocycles. The Morgan fingerprint density at radius 2 is 2.17 bits per heavy atom. The van der Waals surface area contributed by atoms with E-state index in [2.05, 4.69) is 5.32 Å². The third kappa shape index (κ3) is 0.826. The summed E-state index contributed by atoms with van der Waals surface area (Å²) in [6, 6.07) is 2.01.